The van der Waals surface area contributed by atoms with Gasteiger partial charge in [0.05, 0.1) is 0 Å². The largest absolute Gasteiger partial charge is 0.358 e. The lowest BCUT2D eigenvalue weighted by molar-refractivity contribution is -0.0416. The average Bonchev–Trinajstić information content (AvgIpc) is 2.93. The number of aromatic nitrogens is 2. The van der Waals surface area contributed by atoms with E-state index in [4.69, 9.17) is 0 Å². The van der Waals surface area contributed by atoms with Gasteiger partial charge in [0.2, 0.25) is 11.1 Å². The van der Waals surface area contributed by atoms with Gasteiger partial charge in [0, 0.05) is 36.3 Å². The Morgan fingerprint density at radius 3 is 2.82 bits per heavy atom. The van der Waals surface area contributed by atoms with Gasteiger partial charge in [-0.05, 0) is 25.7 Å². The van der Waals surface area contributed by atoms with Crippen molar-refractivity contribution in [3.05, 3.63) is 5.82 Å². The van der Waals surface area contributed by atoms with E-state index in [9.17, 15) is 8.78 Å². The molecule has 0 bridgehead atoms. The molecule has 2 aliphatic rings. The van der Waals surface area contributed by atoms with Gasteiger partial charge in [-0.1, -0.05) is 0 Å². The summed E-state index contributed by atoms with van der Waals surface area (Å²) in [5, 5.41) is 4.04. The highest BCUT2D eigenvalue weighted by atomic mass is 32.1. The van der Waals surface area contributed by atoms with E-state index >= 15 is 0 Å². The van der Waals surface area contributed by atoms with Crippen molar-refractivity contribution in [1.82, 2.24) is 9.36 Å². The topological polar surface area (TPSA) is 37.8 Å². The van der Waals surface area contributed by atoms with E-state index < -0.39 is 5.92 Å². The first-order valence-electron chi connectivity index (χ1n) is 6.10. The van der Waals surface area contributed by atoms with Crippen molar-refractivity contribution in [2.75, 3.05) is 5.32 Å². The first-order chi connectivity index (χ1) is 8.12. The number of rotatable bonds is 3. The standard InChI is InChI=1S/C11H15F2N3S/c12-11(13)5-1-2-7(6-11)9-15-10(17-16-9)14-8-3-4-8/h7-8H,1-6H2,(H,14,15,16). The number of alkyl halides is 2. The molecule has 1 heterocycles. The Morgan fingerprint density at radius 1 is 1.29 bits per heavy atom. The van der Waals surface area contributed by atoms with Gasteiger partial charge in [0.15, 0.2) is 0 Å². The summed E-state index contributed by atoms with van der Waals surface area (Å²) >= 11 is 1.29. The van der Waals surface area contributed by atoms with E-state index in [0.29, 0.717) is 18.3 Å². The summed E-state index contributed by atoms with van der Waals surface area (Å²) in [4.78, 5) is 4.34. The second-order valence-electron chi connectivity index (χ2n) is 5.03. The molecule has 2 fully saturated rings. The van der Waals surface area contributed by atoms with Crippen LogP contribution < -0.4 is 5.32 Å². The summed E-state index contributed by atoms with van der Waals surface area (Å²) in [6.45, 7) is 0. The predicted molar refractivity (Wildman–Crippen MR) is 62.7 cm³/mol. The number of nitrogens with zero attached hydrogens (tertiary/aromatic N) is 2. The molecule has 1 aromatic heterocycles. The summed E-state index contributed by atoms with van der Waals surface area (Å²) in [5.74, 6) is -2.08. The monoisotopic (exact) mass is 259 g/mol. The van der Waals surface area contributed by atoms with Crippen molar-refractivity contribution in [3.63, 3.8) is 0 Å². The third kappa shape index (κ3) is 2.73. The highest BCUT2D eigenvalue weighted by Crippen LogP contribution is 2.41. The van der Waals surface area contributed by atoms with Crippen LogP contribution in [0, 0.1) is 0 Å². The fourth-order valence-corrected chi connectivity index (χ4v) is 2.98. The fraction of sp³-hybridized carbons (Fsp3) is 0.818. The maximum absolute atomic E-state index is 13.3. The van der Waals surface area contributed by atoms with E-state index in [-0.39, 0.29) is 18.8 Å². The van der Waals surface area contributed by atoms with Crippen LogP contribution in [0.4, 0.5) is 13.9 Å². The lowest BCUT2D eigenvalue weighted by Crippen LogP contribution is -2.25. The van der Waals surface area contributed by atoms with Crippen molar-refractivity contribution >= 4 is 16.7 Å². The van der Waals surface area contributed by atoms with Gasteiger partial charge in [-0.25, -0.2) is 13.8 Å². The Kier molecular flexibility index (Phi) is 2.77. The minimum atomic E-state index is -2.53. The zero-order valence-corrected chi connectivity index (χ0v) is 10.3. The molecule has 1 N–H and O–H groups in total. The van der Waals surface area contributed by atoms with Gasteiger partial charge in [-0.3, -0.25) is 0 Å². The number of nitrogens with one attached hydrogen (secondary N) is 1. The van der Waals surface area contributed by atoms with E-state index in [1.165, 1.54) is 24.4 Å². The van der Waals surface area contributed by atoms with Crippen molar-refractivity contribution in [3.8, 4) is 0 Å². The molecule has 0 aromatic carbocycles. The van der Waals surface area contributed by atoms with Crippen LogP contribution in [0.1, 0.15) is 50.3 Å². The Morgan fingerprint density at radius 2 is 2.12 bits per heavy atom. The molecule has 6 heteroatoms. The molecule has 0 radical (unpaired) electrons. The Labute approximate surface area is 103 Å². The third-order valence-electron chi connectivity index (χ3n) is 3.35. The number of hydrogen-bond donors (Lipinski definition) is 1. The molecule has 0 spiro atoms. The second kappa shape index (κ2) is 4.15. The summed E-state index contributed by atoms with van der Waals surface area (Å²) in [6, 6.07) is 0.531. The van der Waals surface area contributed by atoms with Crippen LogP contribution in [0.2, 0.25) is 0 Å². The van der Waals surface area contributed by atoms with Crippen LogP contribution in [0.25, 0.3) is 0 Å². The van der Waals surface area contributed by atoms with Crippen molar-refractivity contribution < 1.29 is 8.78 Å². The molecule has 2 aliphatic carbocycles. The first-order valence-corrected chi connectivity index (χ1v) is 6.88. The van der Waals surface area contributed by atoms with Crippen LogP contribution in [-0.2, 0) is 0 Å². The molecule has 1 atom stereocenters. The quantitative estimate of drug-likeness (QED) is 0.904. The molecule has 17 heavy (non-hydrogen) atoms. The number of hydrogen-bond acceptors (Lipinski definition) is 4. The van der Waals surface area contributed by atoms with E-state index in [0.717, 1.165) is 11.6 Å². The number of halogens is 2. The Balaban J connectivity index is 1.67. The molecule has 2 saturated carbocycles. The van der Waals surface area contributed by atoms with E-state index in [2.05, 4.69) is 14.7 Å². The third-order valence-corrected chi connectivity index (χ3v) is 4.01. The highest BCUT2D eigenvalue weighted by molar-refractivity contribution is 7.09. The maximum atomic E-state index is 13.3. The zero-order valence-electron chi connectivity index (χ0n) is 9.46. The normalized spacial score (nSPS) is 28.0. The zero-order chi connectivity index (χ0) is 11.9. The fourth-order valence-electron chi connectivity index (χ4n) is 2.25. The molecule has 0 saturated heterocycles. The van der Waals surface area contributed by atoms with E-state index in [1.54, 1.807) is 0 Å². The molecule has 3 rings (SSSR count). The first kappa shape index (κ1) is 11.3. The van der Waals surface area contributed by atoms with Gasteiger partial charge in [0.1, 0.15) is 5.82 Å². The average molecular weight is 259 g/mol. The van der Waals surface area contributed by atoms with Crippen LogP contribution in [-0.4, -0.2) is 21.3 Å². The molecule has 3 nitrogen and oxygen atoms in total. The summed E-state index contributed by atoms with van der Waals surface area (Å²) in [7, 11) is 0. The maximum Gasteiger partial charge on any atom is 0.248 e. The minimum Gasteiger partial charge on any atom is -0.358 e. The Bertz CT molecular complexity index is 403. The molecule has 0 amide bonds. The molecule has 1 unspecified atom stereocenters. The lowest BCUT2D eigenvalue weighted by Gasteiger charge is -2.26. The van der Waals surface area contributed by atoms with Gasteiger partial charge >= 0.3 is 0 Å². The van der Waals surface area contributed by atoms with Crippen LogP contribution >= 0.6 is 11.5 Å². The van der Waals surface area contributed by atoms with Gasteiger partial charge < -0.3 is 5.32 Å². The van der Waals surface area contributed by atoms with E-state index in [1.807, 2.05) is 0 Å². The summed E-state index contributed by atoms with van der Waals surface area (Å²) in [5.41, 5.74) is 0. The predicted octanol–water partition coefficient (Wildman–Crippen LogP) is 3.41. The van der Waals surface area contributed by atoms with Gasteiger partial charge in [-0.15, -0.1) is 0 Å². The Hall–Kier alpha value is -0.780. The van der Waals surface area contributed by atoms with Crippen molar-refractivity contribution in [1.29, 1.82) is 0 Å². The summed E-state index contributed by atoms with van der Waals surface area (Å²) < 4.78 is 30.8. The SMILES string of the molecule is FC1(F)CCCC(c2nsc(NC3CC3)n2)C1. The molecule has 94 valence electrons. The van der Waals surface area contributed by atoms with Crippen molar-refractivity contribution in [2.45, 2.75) is 56.4 Å². The lowest BCUT2D eigenvalue weighted by atomic mass is 9.86. The smallest absolute Gasteiger partial charge is 0.248 e. The van der Waals surface area contributed by atoms with Crippen LogP contribution in [0.3, 0.4) is 0 Å². The molecule has 1 aromatic rings. The van der Waals surface area contributed by atoms with Crippen LogP contribution in [0.5, 0.6) is 0 Å². The van der Waals surface area contributed by atoms with Gasteiger partial charge in [-0.2, -0.15) is 4.37 Å². The number of anilines is 1. The summed E-state index contributed by atoms with van der Waals surface area (Å²) in [6.07, 6.45) is 3.64. The minimum absolute atomic E-state index is 0.0147. The van der Waals surface area contributed by atoms with Gasteiger partial charge in [0.25, 0.3) is 0 Å². The molecular formula is C11H15F2N3S. The van der Waals surface area contributed by atoms with Crippen LogP contribution in [0.15, 0.2) is 0 Å². The molecular weight excluding hydrogens is 244 g/mol. The second-order valence-corrected chi connectivity index (χ2v) is 5.78. The van der Waals surface area contributed by atoms with Crippen molar-refractivity contribution in [2.24, 2.45) is 0 Å². The highest BCUT2D eigenvalue weighted by Gasteiger charge is 2.38. The molecule has 0 aliphatic heterocycles.